The molecule has 22 heavy (non-hydrogen) atoms. The van der Waals surface area contributed by atoms with E-state index in [4.69, 9.17) is 5.11 Å². The standard InChI is InChI=1S/C16H26N4O2/c1-10(7-15-11(2)19-20(4)12(15)3)17-16(22)18-14-6-5-13(8-14)9-21/h5-6,10,13-14,21H,7-9H2,1-4H3,(H2,17,18,22)/t10?,13-,14+/m0/s1. The second kappa shape index (κ2) is 6.96. The van der Waals surface area contributed by atoms with Gasteiger partial charge in [-0.05, 0) is 39.2 Å². The van der Waals surface area contributed by atoms with E-state index in [1.165, 1.54) is 5.56 Å². The van der Waals surface area contributed by atoms with E-state index in [1.807, 2.05) is 44.7 Å². The SMILES string of the molecule is Cc1nn(C)c(C)c1CC(C)NC(=O)N[C@@H]1C=C[C@H](CO)C1. The lowest BCUT2D eigenvalue weighted by molar-refractivity contribution is 0.229. The molecular formula is C16H26N4O2. The number of rotatable bonds is 5. The third kappa shape index (κ3) is 3.88. The number of aliphatic hydroxyl groups is 1. The van der Waals surface area contributed by atoms with E-state index in [-0.39, 0.29) is 30.6 Å². The summed E-state index contributed by atoms with van der Waals surface area (Å²) in [4.78, 5) is 12.0. The summed E-state index contributed by atoms with van der Waals surface area (Å²) in [5.41, 5.74) is 3.34. The van der Waals surface area contributed by atoms with E-state index < -0.39 is 0 Å². The molecule has 2 rings (SSSR count). The van der Waals surface area contributed by atoms with Crippen molar-refractivity contribution in [1.29, 1.82) is 0 Å². The van der Waals surface area contributed by atoms with Crippen LogP contribution in [0.25, 0.3) is 0 Å². The van der Waals surface area contributed by atoms with Gasteiger partial charge in [0.1, 0.15) is 0 Å². The molecule has 0 bridgehead atoms. The lowest BCUT2D eigenvalue weighted by atomic mass is 10.1. The molecule has 1 unspecified atom stereocenters. The molecule has 1 aliphatic rings. The number of nitrogens with zero attached hydrogens (tertiary/aromatic N) is 2. The number of urea groups is 1. The normalized spacial score (nSPS) is 21.9. The van der Waals surface area contributed by atoms with Gasteiger partial charge in [-0.15, -0.1) is 0 Å². The number of hydrogen-bond donors (Lipinski definition) is 3. The van der Waals surface area contributed by atoms with E-state index in [0.29, 0.717) is 0 Å². The maximum atomic E-state index is 12.0. The highest BCUT2D eigenvalue weighted by atomic mass is 16.3. The maximum Gasteiger partial charge on any atom is 0.315 e. The molecule has 3 N–H and O–H groups in total. The first-order valence-electron chi connectivity index (χ1n) is 7.76. The molecule has 122 valence electrons. The molecule has 0 radical (unpaired) electrons. The third-order valence-electron chi connectivity index (χ3n) is 4.27. The quantitative estimate of drug-likeness (QED) is 0.715. The van der Waals surface area contributed by atoms with Gasteiger partial charge in [0.05, 0.1) is 5.69 Å². The first kappa shape index (κ1) is 16.5. The Morgan fingerprint density at radius 2 is 2.23 bits per heavy atom. The smallest absolute Gasteiger partial charge is 0.315 e. The molecule has 0 fully saturated rings. The number of aromatic nitrogens is 2. The Hall–Kier alpha value is -1.82. The van der Waals surface area contributed by atoms with Crippen LogP contribution in [0.1, 0.15) is 30.3 Å². The fraction of sp³-hybridized carbons (Fsp3) is 0.625. The number of hydrogen-bond acceptors (Lipinski definition) is 3. The van der Waals surface area contributed by atoms with Crippen LogP contribution in [0, 0.1) is 19.8 Å². The topological polar surface area (TPSA) is 79.2 Å². The van der Waals surface area contributed by atoms with E-state index in [9.17, 15) is 4.79 Å². The highest BCUT2D eigenvalue weighted by molar-refractivity contribution is 5.74. The first-order valence-corrected chi connectivity index (χ1v) is 7.76. The molecule has 1 aliphatic carbocycles. The van der Waals surface area contributed by atoms with Gasteiger partial charge in [0.25, 0.3) is 0 Å². The van der Waals surface area contributed by atoms with Gasteiger partial charge in [-0.2, -0.15) is 5.10 Å². The van der Waals surface area contributed by atoms with Crippen LogP contribution in [0.4, 0.5) is 4.79 Å². The molecule has 0 aromatic carbocycles. The molecule has 1 heterocycles. The lowest BCUT2D eigenvalue weighted by Crippen LogP contribution is -2.45. The summed E-state index contributed by atoms with van der Waals surface area (Å²) in [7, 11) is 1.93. The predicted molar refractivity (Wildman–Crippen MR) is 85.6 cm³/mol. The van der Waals surface area contributed by atoms with Gasteiger partial charge in [-0.25, -0.2) is 4.79 Å². The minimum absolute atomic E-state index is 0.00575. The number of carbonyl (C=O) groups excluding carboxylic acids is 1. The van der Waals surface area contributed by atoms with Gasteiger partial charge in [0.2, 0.25) is 0 Å². The summed E-state index contributed by atoms with van der Waals surface area (Å²) in [6.07, 6.45) is 5.43. The first-order chi connectivity index (χ1) is 10.4. The molecule has 0 saturated heterocycles. The van der Waals surface area contributed by atoms with Crippen molar-refractivity contribution in [1.82, 2.24) is 20.4 Å². The lowest BCUT2D eigenvalue weighted by Gasteiger charge is -2.18. The fourth-order valence-corrected chi connectivity index (χ4v) is 2.92. The zero-order valence-corrected chi connectivity index (χ0v) is 13.8. The zero-order chi connectivity index (χ0) is 16.3. The average Bonchev–Trinajstić information content (AvgIpc) is 2.99. The molecular weight excluding hydrogens is 280 g/mol. The van der Waals surface area contributed by atoms with Crippen molar-refractivity contribution in [3.63, 3.8) is 0 Å². The highest BCUT2D eigenvalue weighted by Crippen LogP contribution is 2.17. The van der Waals surface area contributed by atoms with Crippen molar-refractivity contribution in [3.8, 4) is 0 Å². The Morgan fingerprint density at radius 3 is 2.77 bits per heavy atom. The molecule has 2 amide bonds. The number of amides is 2. The maximum absolute atomic E-state index is 12.0. The fourth-order valence-electron chi connectivity index (χ4n) is 2.92. The molecule has 0 saturated carbocycles. The van der Waals surface area contributed by atoms with Crippen molar-refractivity contribution in [2.24, 2.45) is 13.0 Å². The average molecular weight is 306 g/mol. The van der Waals surface area contributed by atoms with Crippen LogP contribution >= 0.6 is 0 Å². The molecule has 6 heteroatoms. The second-order valence-corrected chi connectivity index (χ2v) is 6.17. The summed E-state index contributed by atoms with van der Waals surface area (Å²) < 4.78 is 1.87. The largest absolute Gasteiger partial charge is 0.396 e. The van der Waals surface area contributed by atoms with Crippen LogP contribution in [-0.4, -0.2) is 39.6 Å². The van der Waals surface area contributed by atoms with E-state index in [1.54, 1.807) is 0 Å². The van der Waals surface area contributed by atoms with Crippen LogP contribution in [0.5, 0.6) is 0 Å². The van der Waals surface area contributed by atoms with Crippen molar-refractivity contribution < 1.29 is 9.90 Å². The van der Waals surface area contributed by atoms with Crippen LogP contribution in [0.15, 0.2) is 12.2 Å². The highest BCUT2D eigenvalue weighted by Gasteiger charge is 2.21. The summed E-state index contributed by atoms with van der Waals surface area (Å²) in [6.45, 7) is 6.16. The Balaban J connectivity index is 1.83. The molecule has 6 nitrogen and oxygen atoms in total. The Labute approximate surface area is 131 Å². The minimum atomic E-state index is -0.167. The monoisotopic (exact) mass is 306 g/mol. The minimum Gasteiger partial charge on any atom is -0.396 e. The van der Waals surface area contributed by atoms with Crippen LogP contribution in [0.2, 0.25) is 0 Å². The van der Waals surface area contributed by atoms with Crippen LogP contribution in [-0.2, 0) is 13.5 Å². The molecule has 3 atom stereocenters. The Morgan fingerprint density at radius 1 is 1.50 bits per heavy atom. The third-order valence-corrected chi connectivity index (χ3v) is 4.27. The molecule has 0 aliphatic heterocycles. The Kier molecular flexibility index (Phi) is 5.24. The van der Waals surface area contributed by atoms with Crippen LogP contribution < -0.4 is 10.6 Å². The van der Waals surface area contributed by atoms with Crippen LogP contribution in [0.3, 0.4) is 0 Å². The number of nitrogens with one attached hydrogen (secondary N) is 2. The van der Waals surface area contributed by atoms with Gasteiger partial charge < -0.3 is 15.7 Å². The van der Waals surface area contributed by atoms with E-state index in [2.05, 4.69) is 15.7 Å². The zero-order valence-electron chi connectivity index (χ0n) is 13.8. The van der Waals surface area contributed by atoms with Crippen molar-refractivity contribution in [3.05, 3.63) is 29.1 Å². The summed E-state index contributed by atoms with van der Waals surface area (Å²) in [5.74, 6) is 0.156. The summed E-state index contributed by atoms with van der Waals surface area (Å²) >= 11 is 0. The predicted octanol–water partition coefficient (Wildman–Crippen LogP) is 1.20. The molecule has 1 aromatic heterocycles. The van der Waals surface area contributed by atoms with Gasteiger partial charge in [-0.1, -0.05) is 12.2 Å². The number of carbonyl (C=O) groups is 1. The second-order valence-electron chi connectivity index (χ2n) is 6.17. The van der Waals surface area contributed by atoms with Gasteiger partial charge in [-0.3, -0.25) is 4.68 Å². The van der Waals surface area contributed by atoms with Crippen molar-refractivity contribution in [2.75, 3.05) is 6.61 Å². The number of aliphatic hydroxyl groups excluding tert-OH is 1. The number of aryl methyl sites for hydroxylation is 2. The summed E-state index contributed by atoms with van der Waals surface area (Å²) in [6, 6.07) is -0.133. The Bertz CT molecular complexity index is 565. The van der Waals surface area contributed by atoms with Crippen molar-refractivity contribution >= 4 is 6.03 Å². The van der Waals surface area contributed by atoms with E-state index in [0.717, 1.165) is 24.2 Å². The molecule has 1 aromatic rings. The van der Waals surface area contributed by atoms with Gasteiger partial charge >= 0.3 is 6.03 Å². The molecule has 0 spiro atoms. The van der Waals surface area contributed by atoms with Crippen molar-refractivity contribution in [2.45, 2.75) is 45.7 Å². The van der Waals surface area contributed by atoms with Gasteiger partial charge in [0, 0.05) is 37.4 Å². The van der Waals surface area contributed by atoms with Gasteiger partial charge in [0.15, 0.2) is 0 Å². The summed E-state index contributed by atoms with van der Waals surface area (Å²) in [5, 5.41) is 19.4. The van der Waals surface area contributed by atoms with E-state index >= 15 is 0 Å².